The smallest absolute Gasteiger partial charge is 0.197 e. The molecule has 6 aromatic carbocycles. The highest BCUT2D eigenvalue weighted by Crippen LogP contribution is 2.33. The van der Waals surface area contributed by atoms with Gasteiger partial charge in [-0.1, -0.05) is 109 Å². The van der Waals surface area contributed by atoms with Gasteiger partial charge in [0.2, 0.25) is 0 Å². The van der Waals surface area contributed by atoms with Crippen molar-refractivity contribution in [1.29, 1.82) is 0 Å². The first-order valence-corrected chi connectivity index (χ1v) is 16.6. The van der Waals surface area contributed by atoms with Gasteiger partial charge in [0.25, 0.3) is 0 Å². The quantitative estimate of drug-likeness (QED) is 0.186. The molecule has 50 heavy (non-hydrogen) atoms. The lowest BCUT2D eigenvalue weighted by molar-refractivity contribution is 0.103. The Morgan fingerprint density at radius 2 is 0.800 bits per heavy atom. The van der Waals surface area contributed by atoms with Crippen LogP contribution in [0.5, 0.6) is 0 Å². The van der Waals surface area contributed by atoms with Crippen molar-refractivity contribution in [2.45, 2.75) is 27.7 Å². The van der Waals surface area contributed by atoms with Crippen molar-refractivity contribution < 1.29 is 9.59 Å². The Bertz CT molecular complexity index is 2280. The van der Waals surface area contributed by atoms with Crippen LogP contribution >= 0.6 is 0 Å². The summed E-state index contributed by atoms with van der Waals surface area (Å²) in [5.74, 6) is -0.274. The average molecular weight is 653 g/mol. The van der Waals surface area contributed by atoms with Crippen molar-refractivity contribution in [2.75, 3.05) is 10.6 Å². The van der Waals surface area contributed by atoms with Crippen LogP contribution in [0.4, 0.5) is 22.7 Å². The molecule has 1 heterocycles. The summed E-state index contributed by atoms with van der Waals surface area (Å²) >= 11 is 0. The number of nitrogens with one attached hydrogen (secondary N) is 2. The van der Waals surface area contributed by atoms with E-state index in [1.165, 1.54) is 0 Å². The summed E-state index contributed by atoms with van der Waals surface area (Å²) in [5, 5.41) is 10.7. The van der Waals surface area contributed by atoms with Gasteiger partial charge in [-0.05, 0) is 73.5 Å². The summed E-state index contributed by atoms with van der Waals surface area (Å²) in [6, 6.07) is 42.6. The number of ketones is 2. The van der Waals surface area contributed by atoms with Gasteiger partial charge >= 0.3 is 0 Å². The van der Waals surface area contributed by atoms with Gasteiger partial charge in [-0.15, -0.1) is 0 Å². The summed E-state index contributed by atoms with van der Waals surface area (Å²) in [7, 11) is 0. The van der Waals surface area contributed by atoms with E-state index in [1.54, 1.807) is 0 Å². The number of Topliss-reactive ketones (excluding diaryl/α,β-unsaturated/α-hetero) is 2. The van der Waals surface area contributed by atoms with Gasteiger partial charge in [-0.2, -0.15) is 0 Å². The predicted octanol–water partition coefficient (Wildman–Crippen LogP) is 11.0. The maximum Gasteiger partial charge on any atom is 0.197 e. The van der Waals surface area contributed by atoms with Crippen molar-refractivity contribution >= 4 is 67.3 Å². The molecule has 0 aromatic heterocycles. The number of carbonyl (C=O) groups is 2. The van der Waals surface area contributed by atoms with Gasteiger partial charge in [0.15, 0.2) is 11.6 Å². The molecule has 0 atom stereocenters. The van der Waals surface area contributed by atoms with Crippen LogP contribution in [0.2, 0.25) is 0 Å². The highest BCUT2D eigenvalue weighted by molar-refractivity contribution is 6.32. The number of hydrogen-bond acceptors (Lipinski definition) is 6. The molecule has 0 spiro atoms. The summed E-state index contributed by atoms with van der Waals surface area (Å²) in [6.07, 6.45) is 0. The number of aliphatic imine (C=N–C) groups is 2. The predicted molar refractivity (Wildman–Crippen MR) is 208 cm³/mol. The maximum atomic E-state index is 14.6. The third-order valence-electron chi connectivity index (χ3n) is 9.03. The molecule has 0 amide bonds. The molecule has 0 saturated heterocycles. The average Bonchev–Trinajstić information content (AvgIpc) is 3.12. The molecule has 6 heteroatoms. The molecule has 6 nitrogen and oxygen atoms in total. The second kappa shape index (κ2) is 13.6. The van der Waals surface area contributed by atoms with Crippen molar-refractivity contribution in [3.05, 3.63) is 167 Å². The number of hydrogen-bond donors (Lipinski definition) is 2. The monoisotopic (exact) mass is 652 g/mol. The van der Waals surface area contributed by atoms with E-state index in [2.05, 4.69) is 10.6 Å². The summed E-state index contributed by atoms with van der Waals surface area (Å²) in [6.45, 7) is 7.50. The van der Waals surface area contributed by atoms with Crippen molar-refractivity contribution in [2.24, 2.45) is 9.98 Å². The minimum absolute atomic E-state index is 0.137. The second-order valence-electron chi connectivity index (χ2n) is 12.4. The number of benzene rings is 6. The molecule has 244 valence electrons. The minimum atomic E-state index is -0.137. The number of rotatable bonds is 4. The SMILES string of the molecule is CC1=Nc2ccccc2N/C(C)=C(/C(=O)c2cccc3ccccc23)C(C)=Nc2ccccc2N/C(C)=C\1C(=O)c1cccc2ccccc12. The largest absolute Gasteiger partial charge is 0.357 e. The zero-order valence-electron chi connectivity index (χ0n) is 28.4. The van der Waals surface area contributed by atoms with Crippen LogP contribution in [0.15, 0.2) is 166 Å². The lowest BCUT2D eigenvalue weighted by atomic mass is 9.93. The molecule has 6 aromatic rings. The van der Waals surface area contributed by atoms with Crippen LogP contribution in [-0.4, -0.2) is 23.0 Å². The topological polar surface area (TPSA) is 82.9 Å². The molecule has 1 aliphatic rings. The van der Waals surface area contributed by atoms with E-state index in [1.807, 2.05) is 161 Å². The number of carbonyl (C=O) groups excluding carboxylic acids is 2. The number of fused-ring (bicyclic) bond motifs is 4. The second-order valence-corrected chi connectivity index (χ2v) is 12.4. The molecule has 1 aliphatic heterocycles. The minimum Gasteiger partial charge on any atom is -0.357 e. The van der Waals surface area contributed by atoms with Gasteiger partial charge in [-0.3, -0.25) is 19.6 Å². The van der Waals surface area contributed by atoms with E-state index in [0.717, 1.165) is 21.5 Å². The van der Waals surface area contributed by atoms with Crippen molar-refractivity contribution in [1.82, 2.24) is 0 Å². The van der Waals surface area contributed by atoms with Crippen LogP contribution in [0.3, 0.4) is 0 Å². The number of allylic oxidation sites excluding steroid dienone is 4. The van der Waals surface area contributed by atoms with Crippen LogP contribution in [0.25, 0.3) is 21.5 Å². The first-order valence-electron chi connectivity index (χ1n) is 16.6. The molecule has 0 radical (unpaired) electrons. The van der Waals surface area contributed by atoms with E-state index in [0.29, 0.717) is 67.8 Å². The third kappa shape index (κ3) is 6.15. The van der Waals surface area contributed by atoms with E-state index in [-0.39, 0.29) is 11.6 Å². The Morgan fingerprint density at radius 1 is 0.440 bits per heavy atom. The third-order valence-corrected chi connectivity index (χ3v) is 9.03. The van der Waals surface area contributed by atoms with Gasteiger partial charge in [-0.25, -0.2) is 0 Å². The van der Waals surface area contributed by atoms with Crippen molar-refractivity contribution in [3.8, 4) is 0 Å². The first-order chi connectivity index (χ1) is 24.3. The molecule has 0 unspecified atom stereocenters. The number of para-hydroxylation sites is 4. The molecule has 0 bridgehead atoms. The lowest BCUT2D eigenvalue weighted by Crippen LogP contribution is -2.18. The van der Waals surface area contributed by atoms with E-state index >= 15 is 0 Å². The highest BCUT2D eigenvalue weighted by Gasteiger charge is 2.24. The van der Waals surface area contributed by atoms with Crippen LogP contribution in [0.1, 0.15) is 48.4 Å². The fraction of sp³-hybridized carbons (Fsp3) is 0.0909. The zero-order valence-corrected chi connectivity index (χ0v) is 28.4. The molecule has 0 saturated carbocycles. The maximum absolute atomic E-state index is 14.6. The normalized spacial score (nSPS) is 16.6. The Balaban J connectivity index is 1.44. The fourth-order valence-corrected chi connectivity index (χ4v) is 6.68. The standard InChI is InChI=1S/C44H36N4O2/c1-27-41(43(49)35-21-13-17-31-15-5-7-19-33(31)35)28(2)46-39-25-11-12-26-40(39)48-30(4)42(29(3)47-38-24-10-9-23-37(38)45-27)44(50)36-22-14-18-32-16-6-8-20-34(32)36/h5-26,45,48H,1-4H3/b41-27+,42-30+,46-28?,47-29?. The Hall–Kier alpha value is -6.40. The lowest BCUT2D eigenvalue weighted by Gasteiger charge is -2.19. The highest BCUT2D eigenvalue weighted by atomic mass is 16.1. The molecule has 7 rings (SSSR count). The summed E-state index contributed by atoms with van der Waals surface area (Å²) < 4.78 is 0. The van der Waals surface area contributed by atoms with Crippen LogP contribution in [-0.2, 0) is 0 Å². The molecular formula is C44H36N4O2. The van der Waals surface area contributed by atoms with E-state index < -0.39 is 0 Å². The van der Waals surface area contributed by atoms with Crippen molar-refractivity contribution in [3.63, 3.8) is 0 Å². The van der Waals surface area contributed by atoms with Gasteiger partial charge < -0.3 is 10.6 Å². The van der Waals surface area contributed by atoms with Gasteiger partial charge in [0.05, 0.1) is 45.3 Å². The number of anilines is 2. The molecule has 0 aliphatic carbocycles. The van der Waals surface area contributed by atoms with E-state index in [4.69, 9.17) is 9.98 Å². The summed E-state index contributed by atoms with van der Waals surface area (Å²) in [4.78, 5) is 39.3. The number of nitrogens with zero attached hydrogens (tertiary/aromatic N) is 2. The fourth-order valence-electron chi connectivity index (χ4n) is 6.68. The zero-order chi connectivity index (χ0) is 34.8. The Labute approximate surface area is 291 Å². The Kier molecular flexibility index (Phi) is 8.75. The van der Waals surface area contributed by atoms with Gasteiger partial charge in [0, 0.05) is 22.5 Å². The van der Waals surface area contributed by atoms with Gasteiger partial charge in [0.1, 0.15) is 0 Å². The Morgan fingerprint density at radius 3 is 1.24 bits per heavy atom. The molecular weight excluding hydrogens is 617 g/mol. The van der Waals surface area contributed by atoms with E-state index in [9.17, 15) is 9.59 Å². The molecule has 0 fully saturated rings. The van der Waals surface area contributed by atoms with Crippen LogP contribution < -0.4 is 10.6 Å². The van der Waals surface area contributed by atoms with Crippen LogP contribution in [0, 0.1) is 0 Å². The summed E-state index contributed by atoms with van der Waals surface area (Å²) in [5.41, 5.74) is 7.12. The molecule has 2 N–H and O–H groups in total. The first kappa shape index (κ1) is 32.2.